The van der Waals surface area contributed by atoms with Crippen molar-refractivity contribution in [1.29, 1.82) is 15.8 Å². The molecule has 1 heterocycles. The summed E-state index contributed by atoms with van der Waals surface area (Å²) in [5.74, 6) is 0. The molecule has 0 radical (unpaired) electrons. The molecule has 0 spiro atoms. The van der Waals surface area contributed by atoms with E-state index < -0.39 is 5.60 Å². The van der Waals surface area contributed by atoms with Gasteiger partial charge in [0, 0.05) is 24.5 Å². The monoisotopic (exact) mass is 364 g/mol. The Labute approximate surface area is 158 Å². The van der Waals surface area contributed by atoms with Gasteiger partial charge < -0.3 is 20.3 Å². The number of allylic oxidation sites excluding steroid dienone is 2. The molecule has 0 fully saturated rings. The summed E-state index contributed by atoms with van der Waals surface area (Å²) in [6.45, 7) is 6.89. The molecule has 1 aliphatic heterocycles. The predicted octanol–water partition coefficient (Wildman–Crippen LogP) is 3.09. The number of nitrogens with zero attached hydrogens (tertiary/aromatic N) is 4. The quantitative estimate of drug-likeness (QED) is 0.772. The summed E-state index contributed by atoms with van der Waals surface area (Å²) in [5, 5.41) is 33.0. The summed E-state index contributed by atoms with van der Waals surface area (Å²) in [5.41, 5.74) is 1.31. The van der Waals surface area contributed by atoms with Crippen LogP contribution in [0.15, 0.2) is 29.5 Å². The van der Waals surface area contributed by atoms with Crippen molar-refractivity contribution in [3.8, 4) is 18.2 Å². The second-order valence-electron chi connectivity index (χ2n) is 6.91. The van der Waals surface area contributed by atoms with Crippen LogP contribution in [0, 0.1) is 34.0 Å². The summed E-state index contributed by atoms with van der Waals surface area (Å²) < 4.78 is 5.43. The molecule has 27 heavy (non-hydrogen) atoms. The van der Waals surface area contributed by atoms with Crippen molar-refractivity contribution in [2.24, 2.45) is 0 Å². The summed E-state index contributed by atoms with van der Waals surface area (Å²) in [7, 11) is 0. The standard InChI is InChI=1S/C19H20N6O2/c1-19(2,3)27-18(26)25-7-6-23-16-8-15(5-4-13(16)12-25)24-17(11-22)14(9-20)10-21/h4-5,8,23-24H,6-7,12H2,1-3H3. The van der Waals surface area contributed by atoms with Crippen LogP contribution in [0.3, 0.4) is 0 Å². The van der Waals surface area contributed by atoms with Gasteiger partial charge in [0.25, 0.3) is 0 Å². The van der Waals surface area contributed by atoms with Gasteiger partial charge in [0.05, 0.1) is 6.54 Å². The average Bonchev–Trinajstić information content (AvgIpc) is 2.82. The Bertz CT molecular complexity index is 877. The number of rotatable bonds is 2. The van der Waals surface area contributed by atoms with E-state index in [2.05, 4.69) is 10.6 Å². The highest BCUT2D eigenvalue weighted by Gasteiger charge is 2.24. The molecule has 2 rings (SSSR count). The molecule has 1 aromatic rings. The Morgan fingerprint density at radius 3 is 2.52 bits per heavy atom. The van der Waals surface area contributed by atoms with Crippen LogP contribution in [0.2, 0.25) is 0 Å². The third-order valence-corrected chi connectivity index (χ3v) is 3.67. The van der Waals surface area contributed by atoms with Gasteiger partial charge in [-0.05, 0) is 38.5 Å². The minimum absolute atomic E-state index is 0.107. The maximum atomic E-state index is 12.3. The van der Waals surface area contributed by atoms with Crippen LogP contribution in [0.25, 0.3) is 0 Å². The molecule has 2 N–H and O–H groups in total. The van der Waals surface area contributed by atoms with Crippen molar-refractivity contribution in [3.05, 3.63) is 35.0 Å². The Balaban J connectivity index is 2.22. The van der Waals surface area contributed by atoms with Crippen LogP contribution in [0.5, 0.6) is 0 Å². The molecule has 1 aliphatic rings. The number of carbonyl (C=O) groups is 1. The van der Waals surface area contributed by atoms with Gasteiger partial charge in [-0.2, -0.15) is 15.8 Å². The number of hydrogen-bond acceptors (Lipinski definition) is 7. The van der Waals surface area contributed by atoms with Crippen molar-refractivity contribution < 1.29 is 9.53 Å². The van der Waals surface area contributed by atoms with Crippen LogP contribution >= 0.6 is 0 Å². The highest BCUT2D eigenvalue weighted by molar-refractivity contribution is 5.71. The van der Waals surface area contributed by atoms with Gasteiger partial charge in [-0.1, -0.05) is 6.07 Å². The largest absolute Gasteiger partial charge is 0.444 e. The summed E-state index contributed by atoms with van der Waals surface area (Å²) in [6.07, 6.45) is -0.373. The van der Waals surface area contributed by atoms with E-state index in [1.165, 1.54) is 0 Å². The number of benzene rings is 1. The Kier molecular flexibility index (Phi) is 5.90. The van der Waals surface area contributed by atoms with E-state index in [4.69, 9.17) is 20.5 Å². The average molecular weight is 364 g/mol. The molecule has 1 amide bonds. The van der Waals surface area contributed by atoms with E-state index in [9.17, 15) is 4.79 Å². The molecule has 138 valence electrons. The molecule has 0 saturated carbocycles. The van der Waals surface area contributed by atoms with Crippen molar-refractivity contribution >= 4 is 17.5 Å². The Hall–Kier alpha value is -3.70. The number of amides is 1. The van der Waals surface area contributed by atoms with Gasteiger partial charge in [-0.15, -0.1) is 0 Å². The molecule has 0 bridgehead atoms. The lowest BCUT2D eigenvalue weighted by molar-refractivity contribution is 0.0245. The predicted molar refractivity (Wildman–Crippen MR) is 99.1 cm³/mol. The third kappa shape index (κ3) is 5.14. The van der Waals surface area contributed by atoms with Crippen LogP contribution in [0.1, 0.15) is 26.3 Å². The first-order chi connectivity index (χ1) is 12.8. The molecule has 8 heteroatoms. The van der Waals surface area contributed by atoms with Crippen molar-refractivity contribution in [1.82, 2.24) is 4.90 Å². The second kappa shape index (κ2) is 8.12. The van der Waals surface area contributed by atoms with E-state index in [1.54, 1.807) is 29.2 Å². The van der Waals surface area contributed by atoms with E-state index in [1.807, 2.05) is 32.9 Å². The van der Waals surface area contributed by atoms with Crippen LogP contribution in [-0.4, -0.2) is 29.7 Å². The summed E-state index contributed by atoms with van der Waals surface area (Å²) in [4.78, 5) is 14.0. The van der Waals surface area contributed by atoms with Gasteiger partial charge in [0.1, 0.15) is 29.5 Å². The van der Waals surface area contributed by atoms with E-state index in [0.717, 1.165) is 11.3 Å². The maximum Gasteiger partial charge on any atom is 0.410 e. The fourth-order valence-corrected chi connectivity index (χ4v) is 2.48. The minimum atomic E-state index is -0.563. The number of hydrogen-bond donors (Lipinski definition) is 2. The number of anilines is 2. The van der Waals surface area contributed by atoms with E-state index in [-0.39, 0.29) is 17.4 Å². The molecule has 8 nitrogen and oxygen atoms in total. The zero-order valence-corrected chi connectivity index (χ0v) is 15.5. The molecule has 1 aromatic carbocycles. The number of fused-ring (bicyclic) bond motifs is 1. The highest BCUT2D eigenvalue weighted by Crippen LogP contribution is 2.26. The minimum Gasteiger partial charge on any atom is -0.444 e. The molecular weight excluding hydrogens is 344 g/mol. The highest BCUT2D eigenvalue weighted by atomic mass is 16.6. The fraction of sp³-hybridized carbons (Fsp3) is 0.368. The number of nitriles is 3. The number of nitrogens with one attached hydrogen (secondary N) is 2. The van der Waals surface area contributed by atoms with Gasteiger partial charge in [0.15, 0.2) is 5.57 Å². The lowest BCUT2D eigenvalue weighted by atomic mass is 10.1. The topological polar surface area (TPSA) is 125 Å². The lowest BCUT2D eigenvalue weighted by Crippen LogP contribution is -2.37. The smallest absolute Gasteiger partial charge is 0.410 e. The molecule has 0 aliphatic carbocycles. The van der Waals surface area contributed by atoms with Crippen LogP contribution < -0.4 is 10.6 Å². The van der Waals surface area contributed by atoms with Gasteiger partial charge in [0.2, 0.25) is 0 Å². The van der Waals surface area contributed by atoms with Crippen molar-refractivity contribution in [2.45, 2.75) is 32.9 Å². The van der Waals surface area contributed by atoms with Gasteiger partial charge >= 0.3 is 6.09 Å². The van der Waals surface area contributed by atoms with E-state index >= 15 is 0 Å². The molecule has 0 atom stereocenters. The first kappa shape index (κ1) is 19.6. The first-order valence-electron chi connectivity index (χ1n) is 8.33. The van der Waals surface area contributed by atoms with E-state index in [0.29, 0.717) is 25.3 Å². The fourth-order valence-electron chi connectivity index (χ4n) is 2.48. The van der Waals surface area contributed by atoms with Gasteiger partial charge in [-0.25, -0.2) is 4.79 Å². The summed E-state index contributed by atoms with van der Waals surface area (Å²) in [6, 6.07) is 10.5. The molecular formula is C19H20N6O2. The number of ether oxygens (including phenoxy) is 1. The Morgan fingerprint density at radius 1 is 1.22 bits per heavy atom. The lowest BCUT2D eigenvalue weighted by Gasteiger charge is -2.26. The third-order valence-electron chi connectivity index (χ3n) is 3.67. The van der Waals surface area contributed by atoms with Crippen molar-refractivity contribution in [2.75, 3.05) is 23.7 Å². The van der Waals surface area contributed by atoms with Crippen LogP contribution in [0.4, 0.5) is 16.2 Å². The summed E-state index contributed by atoms with van der Waals surface area (Å²) >= 11 is 0. The second-order valence-corrected chi connectivity index (χ2v) is 6.91. The zero-order valence-electron chi connectivity index (χ0n) is 15.5. The zero-order chi connectivity index (χ0) is 20.0. The normalized spacial score (nSPS) is 12.8. The van der Waals surface area contributed by atoms with Gasteiger partial charge in [-0.3, -0.25) is 0 Å². The molecule has 0 aromatic heterocycles. The van der Waals surface area contributed by atoms with Crippen molar-refractivity contribution in [3.63, 3.8) is 0 Å². The first-order valence-corrected chi connectivity index (χ1v) is 8.33. The molecule has 0 unspecified atom stereocenters. The SMILES string of the molecule is CC(C)(C)OC(=O)N1CCNc2cc(NC(C#N)=C(C#N)C#N)ccc2C1. The van der Waals surface area contributed by atoms with Crippen LogP contribution in [-0.2, 0) is 11.3 Å². The number of carbonyl (C=O) groups excluding carboxylic acids is 1. The maximum absolute atomic E-state index is 12.3. The Morgan fingerprint density at radius 2 is 1.93 bits per heavy atom. The molecule has 0 saturated heterocycles.